The molecule has 0 aromatic rings. The van der Waals surface area contributed by atoms with Crippen LogP contribution in [0.3, 0.4) is 0 Å². The summed E-state index contributed by atoms with van der Waals surface area (Å²) < 4.78 is 0. The first-order chi connectivity index (χ1) is 3.72. The molecule has 0 fully saturated rings. The van der Waals surface area contributed by atoms with E-state index < -0.39 is 0 Å². The molecular weight excluding hydrogens is 100 g/mol. The van der Waals surface area contributed by atoms with E-state index in [1.807, 2.05) is 7.05 Å². The first-order valence-corrected chi connectivity index (χ1v) is 3.09. The summed E-state index contributed by atoms with van der Waals surface area (Å²) in [7, 11) is 4.07. The van der Waals surface area contributed by atoms with Gasteiger partial charge < -0.3 is 5.32 Å². The SMILES string of the molecule is CCN(C)C(C)NC. The molecule has 0 aliphatic heterocycles. The summed E-state index contributed by atoms with van der Waals surface area (Å²) in [5.41, 5.74) is 0. The Balaban J connectivity index is 3.29. The van der Waals surface area contributed by atoms with Crippen molar-refractivity contribution in [2.45, 2.75) is 20.0 Å². The first-order valence-electron chi connectivity index (χ1n) is 3.09. The van der Waals surface area contributed by atoms with E-state index in [-0.39, 0.29) is 0 Å². The van der Waals surface area contributed by atoms with E-state index >= 15 is 0 Å². The van der Waals surface area contributed by atoms with Crippen molar-refractivity contribution in [1.82, 2.24) is 10.2 Å². The zero-order valence-corrected chi connectivity index (χ0v) is 6.23. The molecule has 0 spiro atoms. The molecule has 0 saturated carbocycles. The van der Waals surface area contributed by atoms with Gasteiger partial charge in [-0.05, 0) is 27.6 Å². The third-order valence-corrected chi connectivity index (χ3v) is 1.58. The predicted octanol–water partition coefficient (Wildman–Crippen LogP) is 0.504. The summed E-state index contributed by atoms with van der Waals surface area (Å²) in [4.78, 5) is 2.24. The Hall–Kier alpha value is -0.0800. The Morgan fingerprint density at radius 3 is 2.25 bits per heavy atom. The minimum atomic E-state index is 0.500. The van der Waals surface area contributed by atoms with Gasteiger partial charge in [-0.2, -0.15) is 0 Å². The quantitative estimate of drug-likeness (QED) is 0.540. The smallest absolute Gasteiger partial charge is 0.0562 e. The molecule has 0 bridgehead atoms. The highest BCUT2D eigenvalue weighted by molar-refractivity contribution is 4.53. The van der Waals surface area contributed by atoms with Crippen LogP contribution in [-0.2, 0) is 0 Å². The predicted molar refractivity (Wildman–Crippen MR) is 36.8 cm³/mol. The van der Waals surface area contributed by atoms with E-state index in [1.165, 1.54) is 0 Å². The lowest BCUT2D eigenvalue weighted by molar-refractivity contribution is 0.242. The van der Waals surface area contributed by atoms with Gasteiger partial charge >= 0.3 is 0 Å². The van der Waals surface area contributed by atoms with Crippen molar-refractivity contribution in [2.24, 2.45) is 0 Å². The van der Waals surface area contributed by atoms with Crippen molar-refractivity contribution < 1.29 is 0 Å². The Kier molecular flexibility index (Phi) is 3.83. The highest BCUT2D eigenvalue weighted by Crippen LogP contribution is 1.86. The van der Waals surface area contributed by atoms with Gasteiger partial charge in [-0.25, -0.2) is 0 Å². The van der Waals surface area contributed by atoms with Gasteiger partial charge in [0.15, 0.2) is 0 Å². The van der Waals surface area contributed by atoms with E-state index in [4.69, 9.17) is 0 Å². The van der Waals surface area contributed by atoms with Gasteiger partial charge in [-0.15, -0.1) is 0 Å². The van der Waals surface area contributed by atoms with Crippen LogP contribution in [0.5, 0.6) is 0 Å². The van der Waals surface area contributed by atoms with E-state index in [0.717, 1.165) is 6.54 Å². The fourth-order valence-electron chi connectivity index (χ4n) is 0.494. The highest BCUT2D eigenvalue weighted by atomic mass is 15.2. The van der Waals surface area contributed by atoms with Crippen molar-refractivity contribution in [3.8, 4) is 0 Å². The summed E-state index contributed by atoms with van der Waals surface area (Å²) in [6, 6.07) is 0. The van der Waals surface area contributed by atoms with Gasteiger partial charge in [-0.1, -0.05) is 6.92 Å². The van der Waals surface area contributed by atoms with Crippen LogP contribution in [0.1, 0.15) is 13.8 Å². The number of hydrogen-bond acceptors (Lipinski definition) is 2. The van der Waals surface area contributed by atoms with Gasteiger partial charge in [0.1, 0.15) is 0 Å². The fourth-order valence-corrected chi connectivity index (χ4v) is 0.494. The molecule has 1 unspecified atom stereocenters. The summed E-state index contributed by atoms with van der Waals surface area (Å²) in [5.74, 6) is 0. The lowest BCUT2D eigenvalue weighted by atomic mass is 10.5. The van der Waals surface area contributed by atoms with Crippen molar-refractivity contribution in [3.63, 3.8) is 0 Å². The number of hydrogen-bond donors (Lipinski definition) is 1. The highest BCUT2D eigenvalue weighted by Gasteiger charge is 2.00. The van der Waals surface area contributed by atoms with Gasteiger partial charge in [0.2, 0.25) is 0 Å². The normalized spacial score (nSPS) is 14.6. The van der Waals surface area contributed by atoms with Crippen LogP contribution in [0.4, 0.5) is 0 Å². The monoisotopic (exact) mass is 116 g/mol. The van der Waals surface area contributed by atoms with Gasteiger partial charge in [-0.3, -0.25) is 4.90 Å². The van der Waals surface area contributed by atoms with E-state index in [2.05, 4.69) is 31.1 Å². The molecular formula is C6H16N2. The molecule has 2 nitrogen and oxygen atoms in total. The van der Waals surface area contributed by atoms with Crippen molar-refractivity contribution in [3.05, 3.63) is 0 Å². The molecule has 0 rings (SSSR count). The Labute approximate surface area is 51.9 Å². The second kappa shape index (κ2) is 3.87. The molecule has 0 heterocycles. The fraction of sp³-hybridized carbons (Fsp3) is 1.00. The third-order valence-electron chi connectivity index (χ3n) is 1.58. The molecule has 1 atom stereocenters. The van der Waals surface area contributed by atoms with Crippen LogP contribution in [0.2, 0.25) is 0 Å². The topological polar surface area (TPSA) is 15.3 Å². The molecule has 2 heteroatoms. The molecule has 0 aromatic carbocycles. The lowest BCUT2D eigenvalue weighted by Gasteiger charge is -2.21. The number of rotatable bonds is 3. The molecule has 50 valence electrons. The number of nitrogens with one attached hydrogen (secondary N) is 1. The second-order valence-electron chi connectivity index (χ2n) is 2.04. The summed E-state index contributed by atoms with van der Waals surface area (Å²) in [6.07, 6.45) is 0.500. The average molecular weight is 116 g/mol. The van der Waals surface area contributed by atoms with Crippen molar-refractivity contribution in [2.75, 3.05) is 20.6 Å². The van der Waals surface area contributed by atoms with Gasteiger partial charge in [0, 0.05) is 0 Å². The van der Waals surface area contributed by atoms with Crippen LogP contribution in [-0.4, -0.2) is 31.7 Å². The molecule has 8 heavy (non-hydrogen) atoms. The van der Waals surface area contributed by atoms with Gasteiger partial charge in [0.05, 0.1) is 6.17 Å². The largest absolute Gasteiger partial charge is 0.305 e. The second-order valence-corrected chi connectivity index (χ2v) is 2.04. The Morgan fingerprint density at radius 2 is 2.12 bits per heavy atom. The Morgan fingerprint density at radius 1 is 1.62 bits per heavy atom. The maximum absolute atomic E-state index is 3.14. The maximum Gasteiger partial charge on any atom is 0.0562 e. The van der Waals surface area contributed by atoms with Crippen molar-refractivity contribution >= 4 is 0 Å². The van der Waals surface area contributed by atoms with Crippen LogP contribution in [0.15, 0.2) is 0 Å². The van der Waals surface area contributed by atoms with E-state index in [9.17, 15) is 0 Å². The Bertz CT molecular complexity index is 46.5. The molecule has 1 N–H and O–H groups in total. The standard InChI is InChI=1S/C6H16N2/c1-5-8(4)6(2)7-3/h6-7H,5H2,1-4H3. The summed E-state index contributed by atoms with van der Waals surface area (Å²) in [5, 5.41) is 3.14. The minimum absolute atomic E-state index is 0.500. The zero-order valence-electron chi connectivity index (χ0n) is 6.23. The molecule has 0 aliphatic rings. The molecule has 0 radical (unpaired) electrons. The lowest BCUT2D eigenvalue weighted by Crippen LogP contribution is -2.38. The third kappa shape index (κ3) is 2.28. The van der Waals surface area contributed by atoms with Gasteiger partial charge in [0.25, 0.3) is 0 Å². The van der Waals surface area contributed by atoms with Crippen LogP contribution in [0.25, 0.3) is 0 Å². The van der Waals surface area contributed by atoms with Crippen molar-refractivity contribution in [1.29, 1.82) is 0 Å². The minimum Gasteiger partial charge on any atom is -0.305 e. The molecule has 0 aromatic heterocycles. The maximum atomic E-state index is 3.14. The van der Waals surface area contributed by atoms with Crippen LogP contribution < -0.4 is 5.32 Å². The summed E-state index contributed by atoms with van der Waals surface area (Å²) in [6.45, 7) is 5.39. The van der Waals surface area contributed by atoms with Crippen LogP contribution >= 0.6 is 0 Å². The first kappa shape index (κ1) is 7.92. The van der Waals surface area contributed by atoms with E-state index in [0.29, 0.717) is 6.17 Å². The van der Waals surface area contributed by atoms with E-state index in [1.54, 1.807) is 0 Å². The van der Waals surface area contributed by atoms with Crippen LogP contribution in [0, 0.1) is 0 Å². The molecule has 0 aliphatic carbocycles. The molecule has 0 saturated heterocycles. The zero-order chi connectivity index (χ0) is 6.57. The molecule has 0 amide bonds. The number of nitrogens with zero attached hydrogens (tertiary/aromatic N) is 1. The summed E-state index contributed by atoms with van der Waals surface area (Å²) >= 11 is 0. The average Bonchev–Trinajstić information content (AvgIpc) is 1.84.